The smallest absolute Gasteiger partial charge is 0.198 e. The highest BCUT2D eigenvalue weighted by atomic mass is 32.2. The predicted octanol–water partition coefficient (Wildman–Crippen LogP) is 2.90. The Balaban J connectivity index is 2.20. The van der Waals surface area contributed by atoms with E-state index in [0.717, 1.165) is 9.75 Å². The molecule has 118 valence electrons. The van der Waals surface area contributed by atoms with Crippen LogP contribution < -0.4 is 0 Å². The molecule has 2 aromatic heterocycles. The molecule has 0 aliphatic carbocycles. The summed E-state index contributed by atoms with van der Waals surface area (Å²) in [5, 5.41) is 12.5. The third kappa shape index (κ3) is 4.38. The molecule has 0 saturated carbocycles. The van der Waals surface area contributed by atoms with Gasteiger partial charge in [0.25, 0.3) is 10.2 Å². The molecule has 5 nitrogen and oxygen atoms in total. The van der Waals surface area contributed by atoms with E-state index in [4.69, 9.17) is 5.26 Å². The topological polar surface area (TPSA) is 64.4 Å². The number of hydrogen-bond donors (Lipinski definition) is 0. The van der Waals surface area contributed by atoms with Crippen LogP contribution in [0.1, 0.15) is 16.2 Å². The molecule has 0 spiro atoms. The highest BCUT2D eigenvalue weighted by Gasteiger charge is 2.27. The lowest BCUT2D eigenvalue weighted by Crippen LogP contribution is -2.41. The maximum Gasteiger partial charge on any atom is 0.282 e. The van der Waals surface area contributed by atoms with Crippen molar-refractivity contribution in [1.29, 1.82) is 5.26 Å². The molecule has 8 heteroatoms. The average Bonchev–Trinajstić information content (AvgIpc) is 3.17. The van der Waals surface area contributed by atoms with E-state index in [1.54, 1.807) is 0 Å². The predicted molar refractivity (Wildman–Crippen MR) is 89.7 cm³/mol. The molecule has 0 atom stereocenters. The summed E-state index contributed by atoms with van der Waals surface area (Å²) in [6.07, 6.45) is 0.182. The van der Waals surface area contributed by atoms with Gasteiger partial charge in [0.15, 0.2) is 0 Å². The van der Waals surface area contributed by atoms with Crippen LogP contribution in [0, 0.1) is 11.3 Å². The van der Waals surface area contributed by atoms with Crippen molar-refractivity contribution in [2.24, 2.45) is 0 Å². The second-order valence-corrected chi connectivity index (χ2v) is 8.76. The van der Waals surface area contributed by atoms with Crippen molar-refractivity contribution in [3.05, 3.63) is 44.8 Å². The van der Waals surface area contributed by atoms with E-state index in [-0.39, 0.29) is 13.0 Å². The number of thiophene rings is 2. The van der Waals surface area contributed by atoms with Crippen molar-refractivity contribution in [3.63, 3.8) is 0 Å². The number of nitriles is 1. The molecule has 22 heavy (non-hydrogen) atoms. The minimum absolute atomic E-state index is 0.182. The Kier molecular flexibility index (Phi) is 6.11. The highest BCUT2D eigenvalue weighted by Crippen LogP contribution is 2.21. The monoisotopic (exact) mass is 355 g/mol. The third-order valence-corrected chi connectivity index (χ3v) is 6.69. The van der Waals surface area contributed by atoms with Gasteiger partial charge in [-0.2, -0.15) is 22.3 Å². The Morgan fingerprint density at radius 3 is 2.09 bits per heavy atom. The van der Waals surface area contributed by atoms with Crippen LogP contribution in [-0.4, -0.2) is 30.6 Å². The second kappa shape index (κ2) is 7.85. The van der Waals surface area contributed by atoms with Crippen LogP contribution in [0.3, 0.4) is 0 Å². The lowest BCUT2D eigenvalue weighted by molar-refractivity contribution is 0.355. The van der Waals surface area contributed by atoms with Gasteiger partial charge in [-0.05, 0) is 22.9 Å². The van der Waals surface area contributed by atoms with Crippen molar-refractivity contribution in [2.75, 3.05) is 13.6 Å². The number of hydrogen-bond acceptors (Lipinski definition) is 5. The zero-order valence-corrected chi connectivity index (χ0v) is 14.6. The van der Waals surface area contributed by atoms with Gasteiger partial charge < -0.3 is 0 Å². The maximum atomic E-state index is 12.7. The summed E-state index contributed by atoms with van der Waals surface area (Å²) >= 11 is 3.07. The van der Waals surface area contributed by atoms with Gasteiger partial charge in [0, 0.05) is 42.9 Å². The second-order valence-electron chi connectivity index (χ2n) is 4.66. The van der Waals surface area contributed by atoms with Crippen LogP contribution in [0.25, 0.3) is 0 Å². The van der Waals surface area contributed by atoms with E-state index < -0.39 is 10.2 Å². The first-order valence-corrected chi connectivity index (χ1v) is 9.83. The molecule has 0 amide bonds. The van der Waals surface area contributed by atoms with Crippen molar-refractivity contribution in [2.45, 2.75) is 19.5 Å². The fourth-order valence-electron chi connectivity index (χ4n) is 1.89. The van der Waals surface area contributed by atoms with E-state index in [2.05, 4.69) is 0 Å². The van der Waals surface area contributed by atoms with Crippen LogP contribution in [0.2, 0.25) is 0 Å². The molecule has 0 saturated heterocycles. The fourth-order valence-corrected chi connectivity index (χ4v) is 4.81. The fraction of sp³-hybridized carbons (Fsp3) is 0.357. The summed E-state index contributed by atoms with van der Waals surface area (Å²) in [5.74, 6) is 0. The minimum Gasteiger partial charge on any atom is -0.198 e. The molecule has 2 aromatic rings. The van der Waals surface area contributed by atoms with Gasteiger partial charge in [-0.1, -0.05) is 12.1 Å². The average molecular weight is 356 g/mol. The summed E-state index contributed by atoms with van der Waals surface area (Å²) in [4.78, 5) is 1.99. The molecule has 0 unspecified atom stereocenters. The molecule has 0 aliphatic rings. The van der Waals surface area contributed by atoms with Gasteiger partial charge in [0.1, 0.15) is 0 Å². The van der Waals surface area contributed by atoms with Gasteiger partial charge in [0.05, 0.1) is 6.07 Å². The molecule has 0 radical (unpaired) electrons. The summed E-state index contributed by atoms with van der Waals surface area (Å²) in [7, 11) is -2.08. The highest BCUT2D eigenvalue weighted by molar-refractivity contribution is 7.86. The van der Waals surface area contributed by atoms with Crippen LogP contribution in [0.4, 0.5) is 0 Å². The Morgan fingerprint density at radius 2 is 1.68 bits per heavy atom. The zero-order chi connectivity index (χ0) is 16.0. The van der Waals surface area contributed by atoms with E-state index in [1.165, 1.54) is 38.3 Å². The summed E-state index contributed by atoms with van der Waals surface area (Å²) in [5.41, 5.74) is 0. The largest absolute Gasteiger partial charge is 0.282 e. The Hall–Kier alpha value is -1.24. The van der Waals surface area contributed by atoms with Gasteiger partial charge in [-0.3, -0.25) is 0 Å². The molecule has 0 aliphatic heterocycles. The lowest BCUT2D eigenvalue weighted by atomic mass is 10.4. The third-order valence-electron chi connectivity index (χ3n) is 3.08. The van der Waals surface area contributed by atoms with Gasteiger partial charge >= 0.3 is 0 Å². The van der Waals surface area contributed by atoms with Crippen molar-refractivity contribution < 1.29 is 8.42 Å². The molecular weight excluding hydrogens is 338 g/mol. The molecule has 2 rings (SSSR count). The first-order valence-electron chi connectivity index (χ1n) is 6.67. The minimum atomic E-state index is -3.60. The first-order chi connectivity index (χ1) is 10.5. The normalized spacial score (nSPS) is 11.9. The maximum absolute atomic E-state index is 12.7. The molecule has 0 N–H and O–H groups in total. The van der Waals surface area contributed by atoms with Crippen molar-refractivity contribution in [3.8, 4) is 6.07 Å². The Bertz CT molecular complexity index is 667. The SMILES string of the molecule is CN(CCC#N)S(=O)(=O)N(Cc1cccs1)Cc1cccs1. The summed E-state index contributed by atoms with van der Waals surface area (Å²) in [6.45, 7) is 0.883. The summed E-state index contributed by atoms with van der Waals surface area (Å²) in [6, 6.07) is 9.66. The lowest BCUT2D eigenvalue weighted by Gasteiger charge is -2.26. The molecule has 0 aromatic carbocycles. The number of rotatable bonds is 8. The van der Waals surface area contributed by atoms with Crippen LogP contribution in [0.15, 0.2) is 35.0 Å². The molecule has 0 fully saturated rings. The van der Waals surface area contributed by atoms with E-state index in [1.807, 2.05) is 41.1 Å². The molecular formula is C14H17N3O2S3. The van der Waals surface area contributed by atoms with Crippen LogP contribution >= 0.6 is 22.7 Å². The standard InChI is InChI=1S/C14H17N3O2S3/c1-16(8-4-7-15)22(18,19)17(11-13-5-2-9-20-13)12-14-6-3-10-21-14/h2-3,5-6,9-10H,4,8,11-12H2,1H3. The van der Waals surface area contributed by atoms with Crippen molar-refractivity contribution >= 4 is 32.9 Å². The Labute approximate surface area is 139 Å². The number of nitrogens with zero attached hydrogens (tertiary/aromatic N) is 3. The van der Waals surface area contributed by atoms with E-state index in [0.29, 0.717) is 13.1 Å². The van der Waals surface area contributed by atoms with Gasteiger partial charge in [0.2, 0.25) is 0 Å². The van der Waals surface area contributed by atoms with Crippen molar-refractivity contribution in [1.82, 2.24) is 8.61 Å². The molecule has 2 heterocycles. The first kappa shape index (κ1) is 17.1. The quantitative estimate of drug-likeness (QED) is 0.731. The van der Waals surface area contributed by atoms with E-state index >= 15 is 0 Å². The Morgan fingerprint density at radius 1 is 1.14 bits per heavy atom. The van der Waals surface area contributed by atoms with Gasteiger partial charge in [-0.25, -0.2) is 0 Å². The molecule has 0 bridgehead atoms. The summed E-state index contributed by atoms with van der Waals surface area (Å²) < 4.78 is 28.2. The van der Waals surface area contributed by atoms with Crippen LogP contribution in [0.5, 0.6) is 0 Å². The van der Waals surface area contributed by atoms with Crippen LogP contribution in [-0.2, 0) is 23.3 Å². The zero-order valence-electron chi connectivity index (χ0n) is 12.2. The van der Waals surface area contributed by atoms with E-state index in [9.17, 15) is 8.42 Å². The van der Waals surface area contributed by atoms with Gasteiger partial charge in [-0.15, -0.1) is 22.7 Å².